The highest BCUT2D eigenvalue weighted by Crippen LogP contribution is 2.14. The van der Waals surface area contributed by atoms with Crippen LogP contribution < -0.4 is 0 Å². The van der Waals surface area contributed by atoms with E-state index in [2.05, 4.69) is 9.88 Å². The number of benzene rings is 1. The normalized spacial score (nSPS) is 14.7. The summed E-state index contributed by atoms with van der Waals surface area (Å²) in [6.45, 7) is 5.33. The van der Waals surface area contributed by atoms with Crippen LogP contribution in [0.3, 0.4) is 0 Å². The van der Waals surface area contributed by atoms with E-state index in [1.54, 1.807) is 17.3 Å². The SMILES string of the molecule is O=C(CCc1cc(F)ccc1F)N(CCCN1CCOCC1)Cc1ccncc1. The number of aromatic nitrogens is 1. The first-order valence-corrected chi connectivity index (χ1v) is 10.0. The number of aryl methyl sites for hydroxylation is 1. The Kier molecular flexibility index (Phi) is 8.07. The molecule has 5 nitrogen and oxygen atoms in total. The molecule has 0 radical (unpaired) electrons. The smallest absolute Gasteiger partial charge is 0.223 e. The van der Waals surface area contributed by atoms with Crippen LogP contribution in [-0.2, 0) is 22.5 Å². The fourth-order valence-electron chi connectivity index (χ4n) is 3.45. The summed E-state index contributed by atoms with van der Waals surface area (Å²) in [5.74, 6) is -1.03. The van der Waals surface area contributed by atoms with Crippen LogP contribution in [0.25, 0.3) is 0 Å². The number of hydrogen-bond acceptors (Lipinski definition) is 4. The predicted octanol–water partition coefficient (Wildman–Crippen LogP) is 3.04. The van der Waals surface area contributed by atoms with Gasteiger partial charge >= 0.3 is 0 Å². The first kappa shape index (κ1) is 21.3. The van der Waals surface area contributed by atoms with E-state index < -0.39 is 11.6 Å². The number of nitrogens with zero attached hydrogens (tertiary/aromatic N) is 3. The van der Waals surface area contributed by atoms with E-state index in [0.717, 1.165) is 63.0 Å². The van der Waals surface area contributed by atoms with Crippen LogP contribution in [0.5, 0.6) is 0 Å². The van der Waals surface area contributed by atoms with Crippen molar-refractivity contribution in [2.45, 2.75) is 25.8 Å². The molecule has 1 aliphatic rings. The molecule has 1 amide bonds. The first-order chi connectivity index (χ1) is 14.1. The number of carbonyl (C=O) groups excluding carboxylic acids is 1. The molecule has 2 heterocycles. The monoisotopic (exact) mass is 403 g/mol. The molecule has 1 fully saturated rings. The van der Waals surface area contributed by atoms with Gasteiger partial charge in [-0.15, -0.1) is 0 Å². The number of pyridine rings is 1. The van der Waals surface area contributed by atoms with E-state index in [1.165, 1.54) is 0 Å². The number of amides is 1. The van der Waals surface area contributed by atoms with Gasteiger partial charge in [0.05, 0.1) is 13.2 Å². The maximum absolute atomic E-state index is 13.9. The number of hydrogen-bond donors (Lipinski definition) is 0. The summed E-state index contributed by atoms with van der Waals surface area (Å²) >= 11 is 0. The summed E-state index contributed by atoms with van der Waals surface area (Å²) in [6, 6.07) is 7.12. The maximum Gasteiger partial charge on any atom is 0.223 e. The summed E-state index contributed by atoms with van der Waals surface area (Å²) in [4.78, 5) is 21.0. The average Bonchev–Trinajstić information content (AvgIpc) is 2.75. The summed E-state index contributed by atoms with van der Waals surface area (Å²) < 4.78 is 32.6. The van der Waals surface area contributed by atoms with Crippen molar-refractivity contribution in [2.24, 2.45) is 0 Å². The van der Waals surface area contributed by atoms with Crippen molar-refractivity contribution in [3.05, 3.63) is 65.5 Å². The van der Waals surface area contributed by atoms with E-state index in [4.69, 9.17) is 4.74 Å². The summed E-state index contributed by atoms with van der Waals surface area (Å²) in [5, 5.41) is 0. The molecule has 2 aromatic rings. The van der Waals surface area contributed by atoms with Crippen LogP contribution in [0.1, 0.15) is 24.0 Å². The van der Waals surface area contributed by atoms with Gasteiger partial charge in [-0.3, -0.25) is 14.7 Å². The molecular formula is C22H27F2N3O2. The fourth-order valence-corrected chi connectivity index (χ4v) is 3.45. The van der Waals surface area contributed by atoms with Crippen LogP contribution in [0.2, 0.25) is 0 Å². The molecule has 1 aliphatic heterocycles. The van der Waals surface area contributed by atoms with E-state index in [-0.39, 0.29) is 24.3 Å². The quantitative estimate of drug-likeness (QED) is 0.646. The van der Waals surface area contributed by atoms with Gasteiger partial charge in [-0.05, 0) is 54.3 Å². The second-order valence-electron chi connectivity index (χ2n) is 7.21. The van der Waals surface area contributed by atoms with Crippen LogP contribution in [0.4, 0.5) is 8.78 Å². The van der Waals surface area contributed by atoms with Gasteiger partial charge in [-0.25, -0.2) is 8.78 Å². The Morgan fingerprint density at radius 3 is 2.66 bits per heavy atom. The van der Waals surface area contributed by atoms with Gasteiger partial charge in [-0.2, -0.15) is 0 Å². The first-order valence-electron chi connectivity index (χ1n) is 10.0. The van der Waals surface area contributed by atoms with Crippen molar-refractivity contribution >= 4 is 5.91 Å². The number of halogens is 2. The lowest BCUT2D eigenvalue weighted by molar-refractivity contribution is -0.132. The molecule has 1 aromatic heterocycles. The van der Waals surface area contributed by atoms with E-state index in [0.29, 0.717) is 13.1 Å². The molecule has 1 saturated heterocycles. The standard InChI is InChI=1S/C22H27F2N3O2/c23-20-3-4-21(24)19(16-20)2-5-22(28)27(17-18-6-8-25-9-7-18)11-1-10-26-12-14-29-15-13-26/h3-4,6-9,16H,1-2,5,10-15,17H2. The average molecular weight is 403 g/mol. The lowest BCUT2D eigenvalue weighted by Crippen LogP contribution is -2.39. The summed E-state index contributed by atoms with van der Waals surface area (Å²) in [7, 11) is 0. The molecule has 156 valence electrons. The minimum absolute atomic E-state index is 0.0625. The van der Waals surface area contributed by atoms with Crippen molar-refractivity contribution in [1.82, 2.24) is 14.8 Å². The molecule has 0 saturated carbocycles. The van der Waals surface area contributed by atoms with E-state index in [1.807, 2.05) is 12.1 Å². The Labute approximate surface area is 170 Å². The number of morpholine rings is 1. The molecule has 1 aromatic carbocycles. The topological polar surface area (TPSA) is 45.7 Å². The van der Waals surface area contributed by atoms with Gasteiger partial charge in [0.15, 0.2) is 0 Å². The van der Waals surface area contributed by atoms with Gasteiger partial charge in [0, 0.05) is 51.5 Å². The molecule has 0 N–H and O–H groups in total. The Bertz CT molecular complexity index is 783. The largest absolute Gasteiger partial charge is 0.379 e. The zero-order valence-electron chi connectivity index (χ0n) is 16.5. The second kappa shape index (κ2) is 11.0. The van der Waals surface area contributed by atoms with Crippen molar-refractivity contribution < 1.29 is 18.3 Å². The van der Waals surface area contributed by atoms with Gasteiger partial charge in [0.2, 0.25) is 5.91 Å². The molecule has 0 unspecified atom stereocenters. The third-order valence-electron chi connectivity index (χ3n) is 5.10. The van der Waals surface area contributed by atoms with Gasteiger partial charge in [0.25, 0.3) is 0 Å². The molecule has 0 bridgehead atoms. The van der Waals surface area contributed by atoms with Crippen molar-refractivity contribution in [3.8, 4) is 0 Å². The van der Waals surface area contributed by atoms with Crippen molar-refractivity contribution in [3.63, 3.8) is 0 Å². The van der Waals surface area contributed by atoms with Crippen molar-refractivity contribution in [1.29, 1.82) is 0 Å². The third-order valence-corrected chi connectivity index (χ3v) is 5.10. The lowest BCUT2D eigenvalue weighted by atomic mass is 10.1. The number of carbonyl (C=O) groups is 1. The molecule has 0 atom stereocenters. The molecular weight excluding hydrogens is 376 g/mol. The molecule has 0 aliphatic carbocycles. The highest BCUT2D eigenvalue weighted by Gasteiger charge is 2.17. The highest BCUT2D eigenvalue weighted by molar-refractivity contribution is 5.76. The zero-order valence-corrected chi connectivity index (χ0v) is 16.5. The Morgan fingerprint density at radius 1 is 1.14 bits per heavy atom. The minimum Gasteiger partial charge on any atom is -0.379 e. The second-order valence-corrected chi connectivity index (χ2v) is 7.21. The summed E-state index contributed by atoms with van der Waals surface area (Å²) in [6.07, 6.45) is 4.58. The Morgan fingerprint density at radius 2 is 1.90 bits per heavy atom. The molecule has 3 rings (SSSR count). The van der Waals surface area contributed by atoms with Crippen LogP contribution in [0, 0.1) is 11.6 Å². The predicted molar refractivity (Wildman–Crippen MR) is 106 cm³/mol. The van der Waals surface area contributed by atoms with Crippen LogP contribution in [0.15, 0.2) is 42.7 Å². The Balaban J connectivity index is 1.58. The molecule has 7 heteroatoms. The fraction of sp³-hybridized carbons (Fsp3) is 0.455. The van der Waals surface area contributed by atoms with Crippen LogP contribution >= 0.6 is 0 Å². The van der Waals surface area contributed by atoms with Gasteiger partial charge in [-0.1, -0.05) is 0 Å². The Hall–Kier alpha value is -2.38. The maximum atomic E-state index is 13.9. The van der Waals surface area contributed by atoms with Gasteiger partial charge in [0.1, 0.15) is 11.6 Å². The van der Waals surface area contributed by atoms with Crippen molar-refractivity contribution in [2.75, 3.05) is 39.4 Å². The lowest BCUT2D eigenvalue weighted by Gasteiger charge is -2.28. The van der Waals surface area contributed by atoms with Crippen LogP contribution in [-0.4, -0.2) is 60.1 Å². The minimum atomic E-state index is -0.493. The van der Waals surface area contributed by atoms with E-state index >= 15 is 0 Å². The number of rotatable bonds is 9. The highest BCUT2D eigenvalue weighted by atomic mass is 19.1. The third kappa shape index (κ3) is 6.87. The zero-order chi connectivity index (χ0) is 20.5. The number of ether oxygens (including phenoxy) is 1. The molecule has 29 heavy (non-hydrogen) atoms. The summed E-state index contributed by atoms with van der Waals surface area (Å²) in [5.41, 5.74) is 1.23. The van der Waals surface area contributed by atoms with E-state index in [9.17, 15) is 13.6 Å². The molecule has 0 spiro atoms. The van der Waals surface area contributed by atoms with Gasteiger partial charge < -0.3 is 9.64 Å².